The third-order valence-corrected chi connectivity index (χ3v) is 20.2. The Hall–Kier alpha value is -3.27. The van der Waals surface area contributed by atoms with Gasteiger partial charge in [0.05, 0.1) is 46.8 Å². The number of likely N-dealkylation sites (tertiary alicyclic amines) is 1. The molecule has 71 heavy (non-hydrogen) atoms. The molecule has 0 aromatic heterocycles. The van der Waals surface area contributed by atoms with Gasteiger partial charge in [0, 0.05) is 85.0 Å². The first kappa shape index (κ1) is 49.9. The second-order valence-electron chi connectivity index (χ2n) is 23.7. The standard InChI is InChI=1S/C55H77ClN10O4S/c1-32-33(2)71-49-45(32)46(61-43(25-44-58-21-23-68-44)48-65(49)34(3)63-66(48)38-12-9-8-10-13-38)35-14-17-39(18-15-35)69-41-26-55(27-41)20-11-22-64(31-55)52-59-29-37(30-60-52)47(67)62-50-53(4,5)51(54(50,6)7)70-40-19-16-36(28-57)42(56)24-40/h9,12,14-19,24,32-34,37-38,41,43-45,48-52,58-60,63H,8,10-11,13,20-23,25-27,29-31H2,1-7H3,(H,62,67)/t32?,33?,34?,37?,38?,41?,43-,44?,45?,48?,49?,50?,51?,52?,55?/m0/s1. The summed E-state index contributed by atoms with van der Waals surface area (Å²) in [5.41, 5.74) is 6.46. The molecule has 2 aromatic carbocycles. The molecule has 16 heteroatoms. The average Bonchev–Trinajstić information content (AvgIpc) is 4.05. The predicted molar refractivity (Wildman–Crippen MR) is 280 cm³/mol. The highest BCUT2D eigenvalue weighted by Gasteiger charge is 2.64. The monoisotopic (exact) mass is 1010 g/mol. The third kappa shape index (κ3) is 9.37. The lowest BCUT2D eigenvalue weighted by Crippen LogP contribution is -2.75. The van der Waals surface area contributed by atoms with Crippen molar-refractivity contribution in [2.75, 3.05) is 39.3 Å². The Labute approximate surface area is 431 Å². The highest BCUT2D eigenvalue weighted by molar-refractivity contribution is 8.00. The first-order chi connectivity index (χ1) is 34.1. The van der Waals surface area contributed by atoms with Crippen LogP contribution in [-0.2, 0) is 9.53 Å². The summed E-state index contributed by atoms with van der Waals surface area (Å²) in [5.74, 6) is 2.24. The Morgan fingerprint density at radius 1 is 1.01 bits per heavy atom. The van der Waals surface area contributed by atoms with Crippen molar-refractivity contribution in [3.8, 4) is 17.6 Å². The molecule has 1 spiro atoms. The summed E-state index contributed by atoms with van der Waals surface area (Å²) in [7, 11) is 0. The summed E-state index contributed by atoms with van der Waals surface area (Å²) in [5, 5.41) is 27.5. The van der Waals surface area contributed by atoms with E-state index in [1.165, 1.54) is 24.1 Å². The number of fused-ring (bicyclic) bond motifs is 3. The molecule has 5 N–H and O–H groups in total. The number of nitrogens with one attached hydrogen (secondary N) is 5. The van der Waals surface area contributed by atoms with Crippen LogP contribution in [-0.4, -0.2) is 132 Å². The Morgan fingerprint density at radius 3 is 2.46 bits per heavy atom. The molecule has 9 aliphatic rings. The van der Waals surface area contributed by atoms with Gasteiger partial charge in [0.2, 0.25) is 5.91 Å². The maximum atomic E-state index is 13.8. The quantitative estimate of drug-likeness (QED) is 0.147. The van der Waals surface area contributed by atoms with Crippen molar-refractivity contribution in [1.82, 2.24) is 41.5 Å². The normalized spacial score (nSPS) is 37.7. The van der Waals surface area contributed by atoms with Crippen molar-refractivity contribution < 1.29 is 19.0 Å². The van der Waals surface area contributed by atoms with Crippen molar-refractivity contribution in [3.05, 3.63) is 70.8 Å². The number of ether oxygens (including phenoxy) is 3. The van der Waals surface area contributed by atoms with Crippen LogP contribution in [0.2, 0.25) is 5.02 Å². The van der Waals surface area contributed by atoms with Crippen molar-refractivity contribution in [2.24, 2.45) is 39.0 Å². The lowest BCUT2D eigenvalue weighted by Gasteiger charge is -2.63. The van der Waals surface area contributed by atoms with E-state index in [4.69, 9.17) is 30.8 Å². The van der Waals surface area contributed by atoms with Gasteiger partial charge in [-0.1, -0.05) is 65.3 Å². The zero-order chi connectivity index (χ0) is 49.4. The number of benzene rings is 2. The molecule has 14 nitrogen and oxygen atoms in total. The van der Waals surface area contributed by atoms with E-state index in [1.54, 1.807) is 18.2 Å². The van der Waals surface area contributed by atoms with Gasteiger partial charge >= 0.3 is 0 Å². The number of hydrogen-bond acceptors (Lipinski definition) is 14. The molecule has 9 atom stereocenters. The van der Waals surface area contributed by atoms with Gasteiger partial charge in [0.1, 0.15) is 42.4 Å². The zero-order valence-corrected chi connectivity index (χ0v) is 44.4. The minimum Gasteiger partial charge on any atom is -0.490 e. The number of carbonyl (C=O) groups is 1. The molecule has 0 bridgehead atoms. The maximum absolute atomic E-state index is 13.8. The van der Waals surface area contributed by atoms with E-state index < -0.39 is 0 Å². The lowest BCUT2D eigenvalue weighted by atomic mass is 9.49. The predicted octanol–water partition coefficient (Wildman–Crippen LogP) is 7.05. The summed E-state index contributed by atoms with van der Waals surface area (Å²) in [6.07, 6.45) is 14.1. The summed E-state index contributed by atoms with van der Waals surface area (Å²) in [6, 6.07) is 16.6. The molecule has 11 rings (SSSR count). The van der Waals surface area contributed by atoms with Crippen LogP contribution in [0.1, 0.15) is 111 Å². The topological polar surface area (TPSA) is 151 Å². The van der Waals surface area contributed by atoms with Crippen LogP contribution in [0, 0.1) is 45.3 Å². The van der Waals surface area contributed by atoms with E-state index >= 15 is 0 Å². The van der Waals surface area contributed by atoms with E-state index in [1.807, 2.05) is 0 Å². The molecule has 2 saturated carbocycles. The number of halogens is 1. The Balaban J connectivity index is 0.700. The number of hydrogen-bond donors (Lipinski definition) is 5. The van der Waals surface area contributed by atoms with Gasteiger partial charge in [-0.25, -0.2) is 10.4 Å². The summed E-state index contributed by atoms with van der Waals surface area (Å²) < 4.78 is 19.5. The third-order valence-electron chi connectivity index (χ3n) is 18.2. The Morgan fingerprint density at radius 2 is 1.77 bits per heavy atom. The zero-order valence-electron chi connectivity index (χ0n) is 42.8. The second kappa shape index (κ2) is 19.8. The number of thioether (sulfide) groups is 1. The summed E-state index contributed by atoms with van der Waals surface area (Å²) in [6.45, 7) is 20.7. The molecule has 1 amide bonds. The largest absolute Gasteiger partial charge is 0.490 e. The van der Waals surface area contributed by atoms with Crippen molar-refractivity contribution in [2.45, 2.75) is 166 Å². The molecule has 8 unspecified atom stereocenters. The summed E-state index contributed by atoms with van der Waals surface area (Å²) >= 11 is 8.46. The number of nitriles is 1. The van der Waals surface area contributed by atoms with Gasteiger partial charge in [-0.05, 0) is 105 Å². The smallest absolute Gasteiger partial charge is 0.225 e. The molecule has 7 fully saturated rings. The van der Waals surface area contributed by atoms with Crippen LogP contribution in [0.4, 0.5) is 0 Å². The highest BCUT2D eigenvalue weighted by Crippen LogP contribution is 2.56. The number of piperidine rings is 1. The fraction of sp³-hybridized carbons (Fsp3) is 0.691. The molecule has 384 valence electrons. The Bertz CT molecular complexity index is 2360. The number of aliphatic imine (C=N–C) groups is 1. The SMILES string of the molecule is CC1SC2C(C(c3ccc(OC4CC5(CCCN(C6NCC(C(=O)NC7C(C)(C)C(Oc8ccc(C#N)c(Cl)c8)C7(C)C)CN6)C5)C4)cc3)=N[C@@H](CC3NCCO3)C3N(C4C=CCCC4)NC(C)N23)C1C. The molecule has 0 radical (unpaired) electrons. The minimum absolute atomic E-state index is 0.00589. The van der Waals surface area contributed by atoms with E-state index in [0.29, 0.717) is 57.9 Å². The van der Waals surface area contributed by atoms with Crippen LogP contribution in [0.25, 0.3) is 0 Å². The number of rotatable bonds is 11. The van der Waals surface area contributed by atoms with Gasteiger partial charge in [-0.3, -0.25) is 35.5 Å². The van der Waals surface area contributed by atoms with Crippen molar-refractivity contribution in [1.29, 1.82) is 5.26 Å². The molecule has 3 aliphatic carbocycles. The molecular formula is C55H77ClN10O4S. The van der Waals surface area contributed by atoms with Crippen molar-refractivity contribution in [3.63, 3.8) is 0 Å². The number of nitrogens with zero attached hydrogens (tertiary/aromatic N) is 5. The van der Waals surface area contributed by atoms with E-state index in [2.05, 4.69) is 144 Å². The highest BCUT2D eigenvalue weighted by atomic mass is 35.5. The second-order valence-corrected chi connectivity index (χ2v) is 25.7. The van der Waals surface area contributed by atoms with Gasteiger partial charge < -0.3 is 19.5 Å². The molecular weight excluding hydrogens is 932 g/mol. The first-order valence-electron chi connectivity index (χ1n) is 26.8. The van der Waals surface area contributed by atoms with E-state index in [9.17, 15) is 10.1 Å². The number of amides is 1. The minimum atomic E-state index is -0.315. The fourth-order valence-corrected chi connectivity index (χ4v) is 16.7. The van der Waals surface area contributed by atoms with Gasteiger partial charge in [-0.15, -0.1) is 11.8 Å². The van der Waals surface area contributed by atoms with Crippen molar-refractivity contribution >= 4 is 35.0 Å². The van der Waals surface area contributed by atoms with Crippen LogP contribution >= 0.6 is 23.4 Å². The van der Waals surface area contributed by atoms with Crippen LogP contribution in [0.5, 0.6) is 11.5 Å². The Kier molecular flexibility index (Phi) is 13.9. The van der Waals surface area contributed by atoms with E-state index in [0.717, 1.165) is 70.5 Å². The van der Waals surface area contributed by atoms with Crippen LogP contribution < -0.4 is 36.2 Å². The van der Waals surface area contributed by atoms with Gasteiger partial charge in [0.15, 0.2) is 0 Å². The number of allylic oxidation sites excluding steroid dienone is 1. The van der Waals surface area contributed by atoms with Gasteiger partial charge in [-0.2, -0.15) is 5.26 Å². The van der Waals surface area contributed by atoms with E-state index in [-0.39, 0.29) is 77.2 Å². The number of hydrazine groups is 1. The maximum Gasteiger partial charge on any atom is 0.225 e. The average molecular weight is 1010 g/mol. The van der Waals surface area contributed by atoms with Crippen LogP contribution in [0.15, 0.2) is 59.6 Å². The molecule has 2 aromatic rings. The molecule has 6 aliphatic heterocycles. The molecule has 5 saturated heterocycles. The lowest BCUT2D eigenvalue weighted by molar-refractivity contribution is -0.175. The van der Waals surface area contributed by atoms with Crippen LogP contribution in [0.3, 0.4) is 0 Å². The van der Waals surface area contributed by atoms with Gasteiger partial charge in [0.25, 0.3) is 0 Å². The number of carbonyl (C=O) groups excluding carboxylic acids is 1. The molecule has 6 heterocycles. The summed E-state index contributed by atoms with van der Waals surface area (Å²) in [4.78, 5) is 25.0. The fourth-order valence-electron chi connectivity index (χ4n) is 14.7. The first-order valence-corrected chi connectivity index (χ1v) is 28.2.